The monoisotopic (exact) mass is 427 g/mol. The Kier molecular flexibility index (Phi) is 7.15. The van der Waals surface area contributed by atoms with Crippen LogP contribution in [0.3, 0.4) is 0 Å². The van der Waals surface area contributed by atoms with Crippen LogP contribution in [0.5, 0.6) is 0 Å². The van der Waals surface area contributed by atoms with Crippen molar-refractivity contribution in [2.24, 2.45) is 0 Å². The summed E-state index contributed by atoms with van der Waals surface area (Å²) >= 11 is 5.65. The van der Waals surface area contributed by atoms with Crippen LogP contribution in [-0.2, 0) is 14.3 Å². The standard InChI is InChI=1S/C17H12ClF2N3O6/c18-12-4-2-10(6-14(12)23(27)28)22-15(24)8-29-16(25)7-21-17(26)11-3-1-9(19)5-13(11)20/h1-6H,7-8H2,(H,21,26)(H,22,24). The summed E-state index contributed by atoms with van der Waals surface area (Å²) in [5, 5.41) is 15.0. The number of nitro benzene ring substituents is 1. The van der Waals surface area contributed by atoms with E-state index in [4.69, 9.17) is 11.6 Å². The molecule has 0 aliphatic rings. The smallest absolute Gasteiger partial charge is 0.325 e. The molecule has 9 nitrogen and oxygen atoms in total. The molecule has 0 saturated heterocycles. The van der Waals surface area contributed by atoms with Crippen molar-refractivity contribution < 1.29 is 32.8 Å². The lowest BCUT2D eigenvalue weighted by atomic mass is 10.2. The molecule has 0 radical (unpaired) electrons. The molecule has 0 heterocycles. The summed E-state index contributed by atoms with van der Waals surface area (Å²) in [4.78, 5) is 45.2. The van der Waals surface area contributed by atoms with Crippen LogP contribution in [-0.4, -0.2) is 35.9 Å². The lowest BCUT2D eigenvalue weighted by Gasteiger charge is -2.08. The van der Waals surface area contributed by atoms with Gasteiger partial charge in [-0.05, 0) is 24.3 Å². The zero-order valence-electron chi connectivity index (χ0n) is 14.4. The minimum Gasteiger partial charge on any atom is -0.454 e. The van der Waals surface area contributed by atoms with Crippen LogP contribution in [0.4, 0.5) is 20.2 Å². The van der Waals surface area contributed by atoms with Crippen LogP contribution in [0, 0.1) is 21.7 Å². The van der Waals surface area contributed by atoms with E-state index < -0.39 is 58.7 Å². The molecule has 2 aromatic carbocycles. The fourth-order valence-corrected chi connectivity index (χ4v) is 2.23. The molecule has 0 unspecified atom stereocenters. The van der Waals surface area contributed by atoms with E-state index in [0.717, 1.165) is 18.2 Å². The van der Waals surface area contributed by atoms with Crippen molar-refractivity contribution in [1.29, 1.82) is 0 Å². The van der Waals surface area contributed by atoms with Crippen molar-refractivity contribution in [3.63, 3.8) is 0 Å². The quantitative estimate of drug-likeness (QED) is 0.397. The van der Waals surface area contributed by atoms with Crippen molar-refractivity contribution in [3.05, 3.63) is 68.7 Å². The number of esters is 1. The van der Waals surface area contributed by atoms with Gasteiger partial charge >= 0.3 is 5.97 Å². The van der Waals surface area contributed by atoms with E-state index >= 15 is 0 Å². The van der Waals surface area contributed by atoms with Crippen LogP contribution in [0.25, 0.3) is 0 Å². The third kappa shape index (κ3) is 6.21. The summed E-state index contributed by atoms with van der Waals surface area (Å²) in [6.45, 7) is -1.41. The number of amides is 2. The summed E-state index contributed by atoms with van der Waals surface area (Å²) < 4.78 is 30.9. The molecule has 0 spiro atoms. The first-order valence-corrected chi connectivity index (χ1v) is 8.18. The van der Waals surface area contributed by atoms with Gasteiger partial charge in [0.25, 0.3) is 17.5 Å². The second kappa shape index (κ2) is 9.55. The predicted molar refractivity (Wildman–Crippen MR) is 96.4 cm³/mol. The van der Waals surface area contributed by atoms with E-state index in [0.29, 0.717) is 6.07 Å². The molecule has 0 saturated carbocycles. The molecular weight excluding hydrogens is 416 g/mol. The van der Waals surface area contributed by atoms with Gasteiger partial charge in [0.2, 0.25) is 0 Å². The first-order valence-electron chi connectivity index (χ1n) is 7.80. The van der Waals surface area contributed by atoms with Crippen LogP contribution in [0.2, 0.25) is 5.02 Å². The van der Waals surface area contributed by atoms with E-state index in [-0.39, 0.29) is 10.7 Å². The second-order valence-corrected chi connectivity index (χ2v) is 5.85. The van der Waals surface area contributed by atoms with Gasteiger partial charge in [0, 0.05) is 17.8 Å². The fourth-order valence-electron chi connectivity index (χ4n) is 2.05. The molecular formula is C17H12ClF2N3O6. The zero-order chi connectivity index (χ0) is 21.6. The molecule has 2 amide bonds. The van der Waals surface area contributed by atoms with Gasteiger partial charge in [-0.2, -0.15) is 0 Å². The number of ether oxygens (including phenoxy) is 1. The highest BCUT2D eigenvalue weighted by atomic mass is 35.5. The minimum absolute atomic E-state index is 0.0576. The Morgan fingerprint density at radius 2 is 1.86 bits per heavy atom. The van der Waals surface area contributed by atoms with Gasteiger partial charge in [0.15, 0.2) is 6.61 Å². The molecule has 0 fully saturated rings. The Balaban J connectivity index is 1.81. The molecule has 2 N–H and O–H groups in total. The van der Waals surface area contributed by atoms with Gasteiger partial charge in [-0.1, -0.05) is 11.6 Å². The summed E-state index contributed by atoms with van der Waals surface area (Å²) in [7, 11) is 0. The molecule has 2 aromatic rings. The molecule has 0 aliphatic heterocycles. The maximum absolute atomic E-state index is 13.5. The third-order valence-electron chi connectivity index (χ3n) is 3.36. The average molecular weight is 428 g/mol. The Bertz CT molecular complexity index is 986. The van der Waals surface area contributed by atoms with Crippen LogP contribution < -0.4 is 10.6 Å². The molecule has 29 heavy (non-hydrogen) atoms. The lowest BCUT2D eigenvalue weighted by Crippen LogP contribution is -2.32. The predicted octanol–water partition coefficient (Wildman–Crippen LogP) is 2.44. The number of rotatable bonds is 7. The lowest BCUT2D eigenvalue weighted by molar-refractivity contribution is -0.384. The van der Waals surface area contributed by atoms with Gasteiger partial charge in [0.05, 0.1) is 10.5 Å². The number of anilines is 1. The van der Waals surface area contributed by atoms with E-state index in [1.165, 1.54) is 12.1 Å². The summed E-state index contributed by atoms with van der Waals surface area (Å²) in [6.07, 6.45) is 0. The number of nitrogens with zero attached hydrogens (tertiary/aromatic N) is 1. The topological polar surface area (TPSA) is 128 Å². The van der Waals surface area contributed by atoms with Crippen LogP contribution >= 0.6 is 11.6 Å². The Morgan fingerprint density at radius 1 is 1.14 bits per heavy atom. The van der Waals surface area contributed by atoms with Crippen molar-refractivity contribution in [2.45, 2.75) is 0 Å². The van der Waals surface area contributed by atoms with Crippen molar-refractivity contribution in [1.82, 2.24) is 5.32 Å². The molecule has 12 heteroatoms. The molecule has 0 aliphatic carbocycles. The van der Waals surface area contributed by atoms with Crippen molar-refractivity contribution in [3.8, 4) is 0 Å². The first kappa shape index (κ1) is 21.7. The number of carbonyl (C=O) groups is 3. The van der Waals surface area contributed by atoms with Gasteiger partial charge in [-0.25, -0.2) is 8.78 Å². The van der Waals surface area contributed by atoms with Gasteiger partial charge < -0.3 is 15.4 Å². The molecule has 152 valence electrons. The number of halogens is 3. The van der Waals surface area contributed by atoms with E-state index in [2.05, 4.69) is 15.4 Å². The van der Waals surface area contributed by atoms with Crippen molar-refractivity contribution in [2.75, 3.05) is 18.5 Å². The maximum Gasteiger partial charge on any atom is 0.325 e. The maximum atomic E-state index is 13.5. The highest BCUT2D eigenvalue weighted by Gasteiger charge is 2.16. The molecule has 0 aromatic heterocycles. The highest BCUT2D eigenvalue weighted by Crippen LogP contribution is 2.27. The largest absolute Gasteiger partial charge is 0.454 e. The normalized spacial score (nSPS) is 10.2. The Morgan fingerprint density at radius 3 is 2.52 bits per heavy atom. The van der Waals surface area contributed by atoms with E-state index in [9.17, 15) is 33.3 Å². The fraction of sp³-hybridized carbons (Fsp3) is 0.118. The number of hydrogen-bond donors (Lipinski definition) is 2. The van der Waals surface area contributed by atoms with Crippen molar-refractivity contribution >= 4 is 40.8 Å². The summed E-state index contributed by atoms with van der Waals surface area (Å²) in [5.41, 5.74) is -0.833. The minimum atomic E-state index is -1.10. The third-order valence-corrected chi connectivity index (χ3v) is 3.68. The molecule has 2 rings (SSSR count). The van der Waals surface area contributed by atoms with Gasteiger partial charge in [-0.3, -0.25) is 24.5 Å². The number of carbonyl (C=O) groups excluding carboxylic acids is 3. The number of nitro groups is 1. The second-order valence-electron chi connectivity index (χ2n) is 5.44. The zero-order valence-corrected chi connectivity index (χ0v) is 15.2. The highest BCUT2D eigenvalue weighted by molar-refractivity contribution is 6.32. The molecule has 0 bridgehead atoms. The summed E-state index contributed by atoms with van der Waals surface area (Å²) in [5.74, 6) is -4.75. The summed E-state index contributed by atoms with van der Waals surface area (Å²) in [6, 6.07) is 5.85. The number of nitrogens with one attached hydrogen (secondary N) is 2. The SMILES string of the molecule is O=C(COC(=O)CNC(=O)c1ccc(F)cc1F)Nc1ccc(Cl)c([N+](=O)[O-])c1. The number of benzene rings is 2. The van der Waals surface area contributed by atoms with E-state index in [1.807, 2.05) is 0 Å². The van der Waals surface area contributed by atoms with Gasteiger partial charge in [0.1, 0.15) is 23.2 Å². The average Bonchev–Trinajstić information content (AvgIpc) is 2.65. The molecule has 0 atom stereocenters. The van der Waals surface area contributed by atoms with Crippen LogP contribution in [0.15, 0.2) is 36.4 Å². The van der Waals surface area contributed by atoms with Gasteiger partial charge in [-0.15, -0.1) is 0 Å². The Labute approximate surface area is 166 Å². The van der Waals surface area contributed by atoms with E-state index in [1.54, 1.807) is 0 Å². The number of hydrogen-bond acceptors (Lipinski definition) is 6. The Hall–Kier alpha value is -3.60. The van der Waals surface area contributed by atoms with Crippen LogP contribution in [0.1, 0.15) is 10.4 Å². The first-order chi connectivity index (χ1) is 13.7.